The van der Waals surface area contributed by atoms with Gasteiger partial charge in [0.25, 0.3) is 13.0 Å². The number of hydrogen-bond donors (Lipinski definition) is 6. The molecule has 174 valence electrons. The standard InChI is InChI=1S/C10H16BN2O15P3/c1-24-4-2-13(10(17)12-8(4)16)9-7(15)6(14)5(26-9)3-25-29(11,18)27-31(22,23)28-30(19,20)21/h2,5-7,9,14-15H,3H2,1H3,(H,22,23)(H,12,16,17)(H2,19,20,21)/t5-,6-,7-,9-,29-/m1/s1. The van der Waals surface area contributed by atoms with Crippen LogP contribution >= 0.6 is 23.1 Å². The summed E-state index contributed by atoms with van der Waals surface area (Å²) in [5.41, 5.74) is -1.91. The number of aromatic amines is 1. The largest absolute Gasteiger partial charge is 0.490 e. The number of aliphatic hydroxyl groups excluding tert-OH is 2. The van der Waals surface area contributed by atoms with Gasteiger partial charge in [0.1, 0.15) is 18.3 Å². The Bertz CT molecular complexity index is 1070. The minimum absolute atomic E-state index is 0.326. The molecule has 21 heteroatoms. The van der Waals surface area contributed by atoms with Crippen LogP contribution in [0.4, 0.5) is 0 Å². The van der Waals surface area contributed by atoms with Crippen molar-refractivity contribution in [1.82, 2.24) is 9.55 Å². The Balaban J connectivity index is 2.12. The van der Waals surface area contributed by atoms with E-state index < -0.39 is 65.5 Å². The van der Waals surface area contributed by atoms with Crippen molar-refractivity contribution in [3.05, 3.63) is 27.0 Å². The number of ether oxygens (including phenoxy) is 2. The molecule has 17 nitrogen and oxygen atoms in total. The summed E-state index contributed by atoms with van der Waals surface area (Å²) in [6, 6.07) is 0. The van der Waals surface area contributed by atoms with Crippen molar-refractivity contribution in [3.63, 3.8) is 0 Å². The van der Waals surface area contributed by atoms with E-state index >= 15 is 0 Å². The molecule has 0 amide bonds. The summed E-state index contributed by atoms with van der Waals surface area (Å²) >= 11 is 0. The molecular formula is C10H16BN2O15P3. The molecule has 2 rings (SSSR count). The Hall–Kier alpha value is -1.13. The van der Waals surface area contributed by atoms with Gasteiger partial charge in [-0.25, -0.2) is 18.2 Å². The number of nitrogens with zero attached hydrogens (tertiary/aromatic N) is 1. The van der Waals surface area contributed by atoms with Gasteiger partial charge >= 0.3 is 21.3 Å². The smallest absolute Gasteiger partial charge is 0.487 e. The van der Waals surface area contributed by atoms with E-state index in [-0.39, 0.29) is 5.75 Å². The van der Waals surface area contributed by atoms with E-state index in [9.17, 15) is 33.5 Å². The third-order valence-corrected chi connectivity index (χ3v) is 7.53. The third kappa shape index (κ3) is 6.93. The molecule has 6 N–H and O–H groups in total. The molecule has 0 aliphatic carbocycles. The van der Waals surface area contributed by atoms with Crippen LogP contribution < -0.4 is 16.0 Å². The highest BCUT2D eigenvalue weighted by atomic mass is 31.3. The Morgan fingerprint density at radius 3 is 2.32 bits per heavy atom. The predicted molar refractivity (Wildman–Crippen MR) is 97.2 cm³/mol. The lowest BCUT2D eigenvalue weighted by Crippen LogP contribution is -2.38. The van der Waals surface area contributed by atoms with Crippen LogP contribution in [0, 0.1) is 0 Å². The van der Waals surface area contributed by atoms with Gasteiger partial charge in [-0.05, 0) is 0 Å². The van der Waals surface area contributed by atoms with Gasteiger partial charge in [0.15, 0.2) is 6.23 Å². The lowest BCUT2D eigenvalue weighted by atomic mass is 10.1. The van der Waals surface area contributed by atoms with Gasteiger partial charge in [0.2, 0.25) is 13.3 Å². The molecule has 1 unspecified atom stereocenters. The first-order valence-corrected chi connectivity index (χ1v) is 12.4. The second-order valence-electron chi connectivity index (χ2n) is 5.87. The minimum atomic E-state index is -5.63. The van der Waals surface area contributed by atoms with E-state index in [1.807, 2.05) is 4.98 Å². The van der Waals surface area contributed by atoms with Crippen LogP contribution in [0.1, 0.15) is 6.23 Å². The normalized spacial score (nSPS) is 28.1. The van der Waals surface area contributed by atoms with E-state index in [0.29, 0.717) is 4.57 Å². The van der Waals surface area contributed by atoms with Crippen molar-refractivity contribution in [2.75, 3.05) is 13.7 Å². The van der Waals surface area contributed by atoms with Crippen molar-refractivity contribution in [3.8, 4) is 5.75 Å². The van der Waals surface area contributed by atoms with Crippen molar-refractivity contribution in [1.29, 1.82) is 0 Å². The van der Waals surface area contributed by atoms with Crippen LogP contribution in [0.15, 0.2) is 15.8 Å². The number of rotatable bonds is 9. The Kier molecular flexibility index (Phi) is 7.92. The molecule has 0 bridgehead atoms. The first-order valence-electron chi connectivity index (χ1n) is 7.80. The maximum Gasteiger partial charge on any atom is 0.487 e. The highest BCUT2D eigenvalue weighted by Gasteiger charge is 2.46. The van der Waals surface area contributed by atoms with Gasteiger partial charge in [-0.3, -0.25) is 18.9 Å². The molecule has 1 aliphatic rings. The molecule has 2 heterocycles. The van der Waals surface area contributed by atoms with Gasteiger partial charge in [0, 0.05) is 0 Å². The summed E-state index contributed by atoms with van der Waals surface area (Å²) in [5, 5.41) is 20.2. The first kappa shape index (κ1) is 26.1. The number of hydrogen-bond acceptors (Lipinski definition) is 12. The molecule has 1 aliphatic heterocycles. The highest BCUT2D eigenvalue weighted by Crippen LogP contribution is 2.66. The summed E-state index contributed by atoms with van der Waals surface area (Å²) in [7, 11) is -9.99. The zero-order chi connectivity index (χ0) is 23.8. The molecule has 1 aromatic rings. The zero-order valence-corrected chi connectivity index (χ0v) is 18.0. The second-order valence-corrected chi connectivity index (χ2v) is 10.4. The summed E-state index contributed by atoms with van der Waals surface area (Å²) in [5.74, 6) is -0.326. The lowest BCUT2D eigenvalue weighted by Gasteiger charge is -2.21. The third-order valence-electron chi connectivity index (χ3n) is 3.61. The average molecular weight is 508 g/mol. The Labute approximate surface area is 173 Å². The molecule has 6 atom stereocenters. The fourth-order valence-corrected chi connectivity index (χ4v) is 5.55. The number of nitrogens with one attached hydrogen (secondary N) is 1. The topological polar surface area (TPSA) is 253 Å². The molecule has 0 aromatic carbocycles. The van der Waals surface area contributed by atoms with E-state index in [0.717, 1.165) is 13.3 Å². The molecule has 0 spiro atoms. The number of aromatic nitrogens is 2. The van der Waals surface area contributed by atoms with E-state index in [2.05, 4.69) is 13.1 Å². The van der Waals surface area contributed by atoms with Crippen molar-refractivity contribution < 1.29 is 61.2 Å². The molecule has 1 aromatic heterocycles. The number of aliphatic hydroxyl groups is 2. The molecule has 2 radical (unpaired) electrons. The van der Waals surface area contributed by atoms with Crippen LogP contribution in [-0.2, 0) is 31.6 Å². The zero-order valence-electron chi connectivity index (χ0n) is 15.3. The van der Waals surface area contributed by atoms with Gasteiger partial charge in [0.05, 0.1) is 19.9 Å². The maximum absolute atomic E-state index is 12.0. The van der Waals surface area contributed by atoms with Gasteiger partial charge in [-0.1, -0.05) is 0 Å². The van der Waals surface area contributed by atoms with Crippen LogP contribution in [0.2, 0.25) is 0 Å². The van der Waals surface area contributed by atoms with E-state index in [4.69, 9.17) is 31.7 Å². The monoisotopic (exact) mass is 508 g/mol. The Morgan fingerprint density at radius 2 is 1.77 bits per heavy atom. The Morgan fingerprint density at radius 1 is 1.16 bits per heavy atom. The quantitative estimate of drug-likeness (QED) is 0.151. The molecule has 31 heavy (non-hydrogen) atoms. The van der Waals surface area contributed by atoms with Gasteiger partial charge in [-0.15, -0.1) is 0 Å². The van der Waals surface area contributed by atoms with Crippen LogP contribution in [0.5, 0.6) is 5.75 Å². The summed E-state index contributed by atoms with van der Waals surface area (Å²) in [6.45, 7) is -0.951. The maximum atomic E-state index is 12.0. The van der Waals surface area contributed by atoms with Gasteiger partial charge < -0.3 is 38.9 Å². The first-order chi connectivity index (χ1) is 14.1. The van der Waals surface area contributed by atoms with Crippen LogP contribution in [0.3, 0.4) is 0 Å². The molecule has 1 saturated heterocycles. The predicted octanol–water partition coefficient (Wildman–Crippen LogP) is -2.32. The van der Waals surface area contributed by atoms with Gasteiger partial charge in [-0.2, -0.15) is 4.31 Å². The van der Waals surface area contributed by atoms with E-state index in [1.165, 1.54) is 0 Å². The van der Waals surface area contributed by atoms with Crippen molar-refractivity contribution in [2.24, 2.45) is 0 Å². The molecule has 1 fully saturated rings. The number of H-pyrrole nitrogens is 1. The number of methoxy groups -OCH3 is 1. The second kappa shape index (κ2) is 9.39. The lowest BCUT2D eigenvalue weighted by molar-refractivity contribution is -0.0522. The molecular weight excluding hydrogens is 492 g/mol. The minimum Gasteiger partial charge on any atom is -0.490 e. The summed E-state index contributed by atoms with van der Waals surface area (Å²) in [4.78, 5) is 51.5. The average Bonchev–Trinajstić information content (AvgIpc) is 2.85. The summed E-state index contributed by atoms with van der Waals surface area (Å²) in [6.07, 6.45) is -5.78. The fraction of sp³-hybridized carbons (Fsp3) is 0.600. The SMILES string of the molecule is [B][P@@](=O)(OC[C@H]1O[C@@H](n2cc(OC)c(=O)[nH]c2=O)[C@H](O)[C@@H]1O)OP(=O)(O)OP(=O)(O)O. The molecule has 0 saturated carbocycles. The van der Waals surface area contributed by atoms with Crippen molar-refractivity contribution >= 4 is 30.7 Å². The number of phosphoric acid groups is 2. The van der Waals surface area contributed by atoms with Crippen molar-refractivity contribution in [2.45, 2.75) is 24.5 Å². The van der Waals surface area contributed by atoms with E-state index in [1.54, 1.807) is 0 Å². The van der Waals surface area contributed by atoms with Crippen LogP contribution in [0.25, 0.3) is 0 Å². The highest BCUT2D eigenvalue weighted by molar-refractivity contribution is 7.84. The summed E-state index contributed by atoms with van der Waals surface area (Å²) < 4.78 is 56.5. The fourth-order valence-electron chi connectivity index (χ4n) is 2.39. The van der Waals surface area contributed by atoms with Crippen LogP contribution in [-0.4, -0.2) is 74.0 Å².